The maximum Gasteiger partial charge on any atom is 0.295 e. The molecule has 1 aromatic heterocycles. The number of furan rings is 1. The van der Waals surface area contributed by atoms with Crippen LogP contribution in [0.2, 0.25) is 0 Å². The SMILES string of the molecule is CC[NH+](CC)CCCN1C(=O)C(=O)C(=C(O)c2ccc(C)cc2)[C@H]1c1ccco1. The van der Waals surface area contributed by atoms with Gasteiger partial charge in [-0.3, -0.25) is 9.59 Å². The van der Waals surface area contributed by atoms with E-state index in [1.54, 1.807) is 24.3 Å². The second-order valence-electron chi connectivity index (χ2n) is 7.43. The van der Waals surface area contributed by atoms with Crippen molar-refractivity contribution in [3.05, 3.63) is 65.1 Å². The van der Waals surface area contributed by atoms with Gasteiger partial charge in [-0.15, -0.1) is 0 Å². The number of amides is 1. The van der Waals surface area contributed by atoms with Gasteiger partial charge in [0.25, 0.3) is 11.7 Å². The number of benzene rings is 1. The van der Waals surface area contributed by atoms with Crippen molar-refractivity contribution in [3.8, 4) is 0 Å². The normalized spacial score (nSPS) is 18.8. The van der Waals surface area contributed by atoms with E-state index in [1.165, 1.54) is 16.1 Å². The number of hydrogen-bond donors (Lipinski definition) is 2. The number of Topliss-reactive ketones (excluding diaryl/α,β-unsaturated/α-hetero) is 1. The lowest BCUT2D eigenvalue weighted by Gasteiger charge is -2.24. The largest absolute Gasteiger partial charge is 0.507 e. The van der Waals surface area contributed by atoms with Crippen LogP contribution in [0.1, 0.15) is 43.2 Å². The number of carbonyl (C=O) groups is 2. The summed E-state index contributed by atoms with van der Waals surface area (Å²) in [6.07, 6.45) is 2.28. The number of carbonyl (C=O) groups excluding carboxylic acids is 2. The summed E-state index contributed by atoms with van der Waals surface area (Å²) in [6.45, 7) is 9.60. The van der Waals surface area contributed by atoms with E-state index in [4.69, 9.17) is 4.42 Å². The molecule has 0 unspecified atom stereocenters. The third-order valence-corrected chi connectivity index (χ3v) is 5.61. The lowest BCUT2D eigenvalue weighted by atomic mass is 9.99. The monoisotopic (exact) mass is 397 g/mol. The van der Waals surface area contributed by atoms with Crippen LogP contribution in [0.3, 0.4) is 0 Å². The minimum absolute atomic E-state index is 0.0870. The molecule has 1 fully saturated rings. The molecule has 1 aromatic carbocycles. The van der Waals surface area contributed by atoms with Gasteiger partial charge in [0.2, 0.25) is 0 Å². The van der Waals surface area contributed by atoms with Gasteiger partial charge in [-0.25, -0.2) is 0 Å². The fourth-order valence-corrected chi connectivity index (χ4v) is 3.82. The van der Waals surface area contributed by atoms with Gasteiger partial charge in [0, 0.05) is 18.5 Å². The molecule has 2 heterocycles. The Kier molecular flexibility index (Phi) is 6.54. The van der Waals surface area contributed by atoms with Crippen molar-refractivity contribution >= 4 is 17.4 Å². The molecular weight excluding hydrogens is 368 g/mol. The number of aliphatic hydroxyl groups is 1. The van der Waals surface area contributed by atoms with E-state index in [0.29, 0.717) is 17.9 Å². The first-order valence-electron chi connectivity index (χ1n) is 10.2. The molecule has 2 N–H and O–H groups in total. The molecule has 1 aliphatic heterocycles. The fraction of sp³-hybridized carbons (Fsp3) is 0.391. The lowest BCUT2D eigenvalue weighted by molar-refractivity contribution is -0.896. The average molecular weight is 397 g/mol. The van der Waals surface area contributed by atoms with Crippen LogP contribution < -0.4 is 4.90 Å². The fourth-order valence-electron chi connectivity index (χ4n) is 3.82. The molecule has 0 bridgehead atoms. The quantitative estimate of drug-likeness (QED) is 0.407. The van der Waals surface area contributed by atoms with Crippen LogP contribution in [0.15, 0.2) is 52.7 Å². The minimum Gasteiger partial charge on any atom is -0.507 e. The third kappa shape index (κ3) is 4.27. The maximum atomic E-state index is 12.9. The van der Waals surface area contributed by atoms with Crippen molar-refractivity contribution in [1.82, 2.24) is 4.90 Å². The topological polar surface area (TPSA) is 75.2 Å². The highest BCUT2D eigenvalue weighted by Gasteiger charge is 2.47. The van der Waals surface area contributed by atoms with Gasteiger partial charge in [-0.1, -0.05) is 29.8 Å². The first-order chi connectivity index (χ1) is 14.0. The number of hydrogen-bond acceptors (Lipinski definition) is 4. The van der Waals surface area contributed by atoms with Crippen molar-refractivity contribution in [2.75, 3.05) is 26.2 Å². The number of aryl methyl sites for hydroxylation is 1. The highest BCUT2D eigenvalue weighted by Crippen LogP contribution is 2.39. The second-order valence-corrected chi connectivity index (χ2v) is 7.43. The predicted molar refractivity (Wildman–Crippen MR) is 110 cm³/mol. The molecule has 0 spiro atoms. The Bertz CT molecular complexity index is 880. The van der Waals surface area contributed by atoms with E-state index < -0.39 is 17.7 Å². The van der Waals surface area contributed by atoms with Crippen molar-refractivity contribution in [2.45, 2.75) is 33.2 Å². The van der Waals surface area contributed by atoms with Gasteiger partial charge in [0.05, 0.1) is 31.5 Å². The molecule has 0 radical (unpaired) electrons. The molecule has 154 valence electrons. The number of nitrogens with zero attached hydrogens (tertiary/aromatic N) is 1. The summed E-state index contributed by atoms with van der Waals surface area (Å²) in [5.74, 6) is -0.941. The van der Waals surface area contributed by atoms with Crippen molar-refractivity contribution in [1.29, 1.82) is 0 Å². The van der Waals surface area contributed by atoms with Gasteiger partial charge in [-0.05, 0) is 32.9 Å². The first kappa shape index (κ1) is 20.9. The zero-order valence-corrected chi connectivity index (χ0v) is 17.3. The summed E-state index contributed by atoms with van der Waals surface area (Å²) in [4.78, 5) is 28.6. The Morgan fingerprint density at radius 1 is 1.14 bits per heavy atom. The van der Waals surface area contributed by atoms with E-state index >= 15 is 0 Å². The molecule has 1 saturated heterocycles. The van der Waals surface area contributed by atoms with Crippen LogP contribution >= 0.6 is 0 Å². The molecule has 1 aliphatic rings. The second kappa shape index (κ2) is 9.09. The summed E-state index contributed by atoms with van der Waals surface area (Å²) in [6, 6.07) is 9.98. The molecule has 1 atom stereocenters. The zero-order valence-electron chi connectivity index (χ0n) is 17.3. The minimum atomic E-state index is -0.710. The smallest absolute Gasteiger partial charge is 0.295 e. The highest BCUT2D eigenvalue weighted by molar-refractivity contribution is 6.46. The molecule has 3 rings (SSSR count). The predicted octanol–water partition coefficient (Wildman–Crippen LogP) is 2.32. The van der Waals surface area contributed by atoms with Crippen LogP contribution in [0.5, 0.6) is 0 Å². The Labute approximate surface area is 171 Å². The van der Waals surface area contributed by atoms with Crippen LogP contribution in [0.25, 0.3) is 5.76 Å². The van der Waals surface area contributed by atoms with Crippen molar-refractivity contribution < 1.29 is 24.0 Å². The number of ketones is 1. The van der Waals surface area contributed by atoms with E-state index in [1.807, 2.05) is 19.1 Å². The maximum absolute atomic E-state index is 12.9. The summed E-state index contributed by atoms with van der Waals surface area (Å²) >= 11 is 0. The summed E-state index contributed by atoms with van der Waals surface area (Å²) in [7, 11) is 0. The van der Waals surface area contributed by atoms with Gasteiger partial charge in [0.1, 0.15) is 17.6 Å². The standard InChI is InChI=1S/C23H28N2O4/c1-4-24(5-2)13-7-14-25-20(18-8-6-15-29-18)19(22(27)23(25)28)21(26)17-11-9-16(3)10-12-17/h6,8-12,15,20,26H,4-5,7,13-14H2,1-3H3/p+1/t20-/m1/s1. The number of likely N-dealkylation sites (tertiary alicyclic amines) is 1. The van der Waals surface area contributed by atoms with Crippen LogP contribution in [0, 0.1) is 6.92 Å². The highest BCUT2D eigenvalue weighted by atomic mass is 16.3. The molecule has 6 heteroatoms. The van der Waals surface area contributed by atoms with Gasteiger partial charge < -0.3 is 19.3 Å². The lowest BCUT2D eigenvalue weighted by Crippen LogP contribution is -3.11. The molecule has 2 aromatic rings. The number of aliphatic hydroxyl groups excluding tert-OH is 1. The summed E-state index contributed by atoms with van der Waals surface area (Å²) in [5.41, 5.74) is 1.64. The van der Waals surface area contributed by atoms with Crippen molar-refractivity contribution in [3.63, 3.8) is 0 Å². The molecule has 29 heavy (non-hydrogen) atoms. The third-order valence-electron chi connectivity index (χ3n) is 5.61. The average Bonchev–Trinajstić information content (AvgIpc) is 3.33. The van der Waals surface area contributed by atoms with Crippen molar-refractivity contribution in [2.24, 2.45) is 0 Å². The van der Waals surface area contributed by atoms with E-state index in [2.05, 4.69) is 13.8 Å². The van der Waals surface area contributed by atoms with Crippen LogP contribution in [0.4, 0.5) is 0 Å². The van der Waals surface area contributed by atoms with Gasteiger partial charge in [-0.2, -0.15) is 0 Å². The number of quaternary nitrogens is 1. The van der Waals surface area contributed by atoms with E-state index in [0.717, 1.165) is 31.6 Å². The Morgan fingerprint density at radius 2 is 1.83 bits per heavy atom. The molecule has 1 amide bonds. The number of rotatable bonds is 8. The Balaban J connectivity index is 1.95. The van der Waals surface area contributed by atoms with Crippen LogP contribution in [-0.4, -0.2) is 47.9 Å². The Hall–Kier alpha value is -2.86. The molecule has 0 saturated carbocycles. The summed E-state index contributed by atoms with van der Waals surface area (Å²) < 4.78 is 5.55. The molecule has 6 nitrogen and oxygen atoms in total. The van der Waals surface area contributed by atoms with Gasteiger partial charge >= 0.3 is 0 Å². The molecule has 0 aliphatic carbocycles. The first-order valence-corrected chi connectivity index (χ1v) is 10.2. The molecular formula is C23H29N2O4+. The number of nitrogens with one attached hydrogen (secondary N) is 1. The van der Waals surface area contributed by atoms with E-state index in [-0.39, 0.29) is 11.3 Å². The van der Waals surface area contributed by atoms with Crippen LogP contribution in [-0.2, 0) is 9.59 Å². The summed E-state index contributed by atoms with van der Waals surface area (Å²) in [5, 5.41) is 10.9. The Morgan fingerprint density at radius 3 is 2.41 bits per heavy atom. The van der Waals surface area contributed by atoms with E-state index in [9.17, 15) is 14.7 Å². The van der Waals surface area contributed by atoms with Gasteiger partial charge in [0.15, 0.2) is 0 Å². The zero-order chi connectivity index (χ0) is 21.0.